The van der Waals surface area contributed by atoms with Gasteiger partial charge in [-0.2, -0.15) is 13.2 Å². The van der Waals surface area contributed by atoms with Gasteiger partial charge in [0.15, 0.2) is 0 Å². The van der Waals surface area contributed by atoms with Gasteiger partial charge in [-0.25, -0.2) is 0 Å². The second kappa shape index (κ2) is 4.83. The van der Waals surface area contributed by atoms with Gasteiger partial charge in [0.25, 0.3) is 5.78 Å². The first kappa shape index (κ1) is 12.3. The molecule has 0 heterocycles. The third kappa shape index (κ3) is 3.76. The molecule has 0 amide bonds. The van der Waals surface area contributed by atoms with E-state index in [0.29, 0.717) is 11.8 Å². The number of hydrogen-bond acceptors (Lipinski definition) is 2. The molecule has 0 saturated carbocycles. The van der Waals surface area contributed by atoms with Crippen LogP contribution in [-0.2, 0) is 4.79 Å². The van der Waals surface area contributed by atoms with E-state index in [1.165, 1.54) is 0 Å². The Morgan fingerprint density at radius 3 is 2.62 bits per heavy atom. The number of benzene rings is 1. The highest BCUT2D eigenvalue weighted by Crippen LogP contribution is 2.16. The number of ketones is 1. The Bertz CT molecular complexity index is 410. The van der Waals surface area contributed by atoms with E-state index in [0.717, 1.165) is 11.8 Å². The molecule has 0 aliphatic heterocycles. The number of alkyl halides is 3. The molecule has 1 aromatic rings. The molecule has 0 aliphatic rings. The molecule has 0 aliphatic carbocycles. The van der Waals surface area contributed by atoms with Gasteiger partial charge in [0.1, 0.15) is 0 Å². The lowest BCUT2D eigenvalue weighted by Crippen LogP contribution is -2.20. The largest absolute Gasteiger partial charge is 0.454 e. The minimum Gasteiger partial charge on any atom is -0.362 e. The molecule has 1 aromatic carbocycles. The molecule has 0 atom stereocenters. The Morgan fingerprint density at radius 1 is 1.38 bits per heavy atom. The van der Waals surface area contributed by atoms with Crippen LogP contribution in [0.15, 0.2) is 36.5 Å². The Labute approximate surface area is 90.8 Å². The van der Waals surface area contributed by atoms with Crippen molar-refractivity contribution < 1.29 is 18.0 Å². The number of hydrogen-bond donors (Lipinski definition) is 1. The van der Waals surface area contributed by atoms with Crippen LogP contribution in [-0.4, -0.2) is 12.0 Å². The maximum absolute atomic E-state index is 11.8. The lowest BCUT2D eigenvalue weighted by Gasteiger charge is -2.02. The van der Waals surface area contributed by atoms with Crippen molar-refractivity contribution in [1.29, 1.82) is 0 Å². The number of nitrogens with one attached hydrogen (secondary N) is 1. The van der Waals surface area contributed by atoms with Crippen molar-refractivity contribution in [3.63, 3.8) is 0 Å². The lowest BCUT2D eigenvalue weighted by atomic mass is 10.2. The number of halogens is 3. The quantitative estimate of drug-likeness (QED) is 0.807. The molecule has 0 fully saturated rings. The summed E-state index contributed by atoms with van der Waals surface area (Å²) in [5, 5.41) is 2.59. The summed E-state index contributed by atoms with van der Waals surface area (Å²) in [6, 6.07) is 7.06. The average Bonchev–Trinajstić information content (AvgIpc) is 2.16. The fourth-order valence-electron chi connectivity index (χ4n) is 1.04. The minimum atomic E-state index is -4.81. The fourth-order valence-corrected chi connectivity index (χ4v) is 1.04. The molecule has 5 heteroatoms. The van der Waals surface area contributed by atoms with Crippen molar-refractivity contribution in [3.8, 4) is 0 Å². The van der Waals surface area contributed by atoms with Gasteiger partial charge in [-0.05, 0) is 24.6 Å². The van der Waals surface area contributed by atoms with Gasteiger partial charge in [0.2, 0.25) is 0 Å². The van der Waals surface area contributed by atoms with E-state index in [1.54, 1.807) is 18.2 Å². The number of carbonyl (C=O) groups excluding carboxylic acids is 1. The van der Waals surface area contributed by atoms with Crippen LogP contribution < -0.4 is 5.32 Å². The highest BCUT2D eigenvalue weighted by atomic mass is 19.4. The van der Waals surface area contributed by atoms with Gasteiger partial charge in [-0.3, -0.25) is 4.79 Å². The van der Waals surface area contributed by atoms with Crippen LogP contribution in [0.4, 0.5) is 18.9 Å². The molecule has 1 rings (SSSR count). The van der Waals surface area contributed by atoms with Crippen LogP contribution in [0.5, 0.6) is 0 Å². The van der Waals surface area contributed by atoms with Crippen LogP contribution in [0.25, 0.3) is 0 Å². The summed E-state index contributed by atoms with van der Waals surface area (Å²) in [6.45, 7) is 1.86. The summed E-state index contributed by atoms with van der Waals surface area (Å²) < 4.78 is 35.4. The van der Waals surface area contributed by atoms with E-state index in [2.05, 4.69) is 5.32 Å². The highest BCUT2D eigenvalue weighted by Gasteiger charge is 2.35. The monoisotopic (exact) mass is 229 g/mol. The van der Waals surface area contributed by atoms with Crippen molar-refractivity contribution in [2.45, 2.75) is 13.1 Å². The molecule has 0 aromatic heterocycles. The molecule has 0 spiro atoms. The number of carbonyl (C=O) groups is 1. The van der Waals surface area contributed by atoms with Crippen molar-refractivity contribution in [1.82, 2.24) is 0 Å². The first-order chi connectivity index (χ1) is 7.39. The second-order valence-electron chi connectivity index (χ2n) is 3.21. The molecule has 0 bridgehead atoms. The summed E-state index contributed by atoms with van der Waals surface area (Å²) in [6.07, 6.45) is -3.38. The molecule has 0 radical (unpaired) electrons. The van der Waals surface area contributed by atoms with Gasteiger partial charge in [0.05, 0.1) is 0 Å². The first-order valence-corrected chi connectivity index (χ1v) is 4.50. The van der Waals surface area contributed by atoms with Gasteiger partial charge in [-0.1, -0.05) is 12.1 Å². The Morgan fingerprint density at radius 2 is 2.06 bits per heavy atom. The van der Waals surface area contributed by atoms with E-state index in [1.807, 2.05) is 13.0 Å². The van der Waals surface area contributed by atoms with Crippen LogP contribution >= 0.6 is 0 Å². The summed E-state index contributed by atoms with van der Waals surface area (Å²) in [7, 11) is 0. The van der Waals surface area contributed by atoms with Gasteiger partial charge >= 0.3 is 6.18 Å². The third-order valence-electron chi connectivity index (χ3n) is 1.78. The van der Waals surface area contributed by atoms with Gasteiger partial charge in [-0.15, -0.1) is 0 Å². The highest BCUT2D eigenvalue weighted by molar-refractivity contribution is 5.94. The summed E-state index contributed by atoms with van der Waals surface area (Å²) in [5.74, 6) is -1.88. The minimum absolute atomic E-state index is 0.461. The van der Waals surface area contributed by atoms with Crippen molar-refractivity contribution in [2.24, 2.45) is 0 Å². The zero-order valence-corrected chi connectivity index (χ0v) is 8.51. The van der Waals surface area contributed by atoms with E-state index in [9.17, 15) is 18.0 Å². The maximum atomic E-state index is 11.8. The summed E-state index contributed by atoms with van der Waals surface area (Å²) in [4.78, 5) is 10.5. The normalized spacial score (nSPS) is 11.8. The average molecular weight is 229 g/mol. The smallest absolute Gasteiger partial charge is 0.362 e. The first-order valence-electron chi connectivity index (χ1n) is 4.50. The van der Waals surface area contributed by atoms with Crippen LogP contribution in [0.1, 0.15) is 5.56 Å². The van der Waals surface area contributed by atoms with Crippen LogP contribution in [0.2, 0.25) is 0 Å². The molecule has 1 N–H and O–H groups in total. The SMILES string of the molecule is Cc1cccc(NC=CC(=O)C(F)(F)F)c1. The molecule has 0 unspecified atom stereocenters. The summed E-state index contributed by atoms with van der Waals surface area (Å²) in [5.41, 5.74) is 1.60. The van der Waals surface area contributed by atoms with Gasteiger partial charge < -0.3 is 5.32 Å². The predicted octanol–water partition coefficient (Wildman–Crippen LogP) is 3.05. The van der Waals surface area contributed by atoms with E-state index < -0.39 is 12.0 Å². The Kier molecular flexibility index (Phi) is 3.71. The Hall–Kier alpha value is -1.78. The van der Waals surface area contributed by atoms with E-state index in [4.69, 9.17) is 0 Å². The zero-order chi connectivity index (χ0) is 12.2. The molecule has 86 valence electrons. The molecular weight excluding hydrogens is 219 g/mol. The van der Waals surface area contributed by atoms with Gasteiger partial charge in [0, 0.05) is 18.0 Å². The number of anilines is 1. The maximum Gasteiger partial charge on any atom is 0.454 e. The van der Waals surface area contributed by atoms with Crippen molar-refractivity contribution >= 4 is 11.5 Å². The lowest BCUT2D eigenvalue weighted by molar-refractivity contribution is -0.165. The Balaban J connectivity index is 2.59. The topological polar surface area (TPSA) is 29.1 Å². The molecule has 16 heavy (non-hydrogen) atoms. The molecule has 2 nitrogen and oxygen atoms in total. The zero-order valence-electron chi connectivity index (χ0n) is 8.51. The molecular formula is C11H10F3NO. The van der Waals surface area contributed by atoms with Crippen LogP contribution in [0, 0.1) is 6.92 Å². The number of rotatable bonds is 3. The third-order valence-corrected chi connectivity index (χ3v) is 1.78. The number of allylic oxidation sites excluding steroid dienone is 1. The summed E-state index contributed by atoms with van der Waals surface area (Å²) >= 11 is 0. The molecule has 0 saturated heterocycles. The predicted molar refractivity (Wildman–Crippen MR) is 55.0 cm³/mol. The van der Waals surface area contributed by atoms with E-state index >= 15 is 0 Å². The van der Waals surface area contributed by atoms with E-state index in [-0.39, 0.29) is 0 Å². The second-order valence-corrected chi connectivity index (χ2v) is 3.21. The van der Waals surface area contributed by atoms with Crippen LogP contribution in [0.3, 0.4) is 0 Å². The number of aryl methyl sites for hydroxylation is 1. The van der Waals surface area contributed by atoms with Crippen molar-refractivity contribution in [3.05, 3.63) is 42.1 Å². The van der Waals surface area contributed by atoms with Crippen molar-refractivity contribution in [2.75, 3.05) is 5.32 Å². The standard InChI is InChI=1S/C11H10F3NO/c1-8-3-2-4-9(7-8)15-6-5-10(16)11(12,13)14/h2-7,15H,1H3. The fraction of sp³-hybridized carbons (Fsp3) is 0.182.